The van der Waals surface area contributed by atoms with E-state index < -0.39 is 5.60 Å². The van der Waals surface area contributed by atoms with E-state index in [-0.39, 0.29) is 12.0 Å². The second kappa shape index (κ2) is 6.30. The number of benzene rings is 1. The van der Waals surface area contributed by atoms with Crippen molar-refractivity contribution in [1.82, 2.24) is 14.7 Å². The Hall–Kier alpha value is -1.72. The minimum atomic E-state index is -0.477. The number of ether oxygens (including phenoxy) is 1. The van der Waals surface area contributed by atoms with Crippen LogP contribution in [0, 0.1) is 0 Å². The molecule has 1 aliphatic heterocycles. The zero-order valence-corrected chi connectivity index (χ0v) is 15.3. The van der Waals surface area contributed by atoms with Gasteiger partial charge in [0, 0.05) is 30.2 Å². The lowest BCUT2D eigenvalue weighted by Gasteiger charge is -2.38. The molecule has 1 aromatic carbocycles. The Morgan fingerprint density at radius 1 is 1.25 bits per heavy atom. The first-order chi connectivity index (χ1) is 11.2. The maximum Gasteiger partial charge on any atom is 0.410 e. The second-order valence-electron chi connectivity index (χ2n) is 6.86. The number of rotatable bonds is 2. The molecule has 7 heteroatoms. The van der Waals surface area contributed by atoms with Crippen molar-refractivity contribution in [3.05, 3.63) is 46.2 Å². The molecule has 1 amide bonds. The quantitative estimate of drug-likeness (QED) is 0.784. The summed E-state index contributed by atoms with van der Waals surface area (Å²) in [4.78, 5) is 13.7. The van der Waals surface area contributed by atoms with Crippen molar-refractivity contribution in [2.24, 2.45) is 0 Å². The van der Waals surface area contributed by atoms with Gasteiger partial charge in [-0.2, -0.15) is 5.10 Å². The third-order valence-corrected chi connectivity index (χ3v) is 4.26. The van der Waals surface area contributed by atoms with E-state index in [9.17, 15) is 4.79 Å². The molecule has 1 fully saturated rings. The molecule has 5 nitrogen and oxygen atoms in total. The van der Waals surface area contributed by atoms with Crippen LogP contribution in [-0.2, 0) is 4.74 Å². The first-order valence-electron chi connectivity index (χ1n) is 7.72. The smallest absolute Gasteiger partial charge is 0.410 e. The molecule has 2 aromatic rings. The highest BCUT2D eigenvalue weighted by molar-refractivity contribution is 6.35. The van der Waals surface area contributed by atoms with E-state index in [0.717, 1.165) is 11.4 Å². The molecule has 1 aliphatic rings. The Balaban J connectivity index is 1.65. The SMILES string of the molecule is CC(C)(C)OC(=O)N1CC(c2ccn(-c3ccc(Cl)cc3Cl)n2)C1. The Morgan fingerprint density at radius 2 is 1.96 bits per heavy atom. The third kappa shape index (κ3) is 3.68. The number of hydrogen-bond donors (Lipinski definition) is 0. The van der Waals surface area contributed by atoms with E-state index in [2.05, 4.69) is 5.10 Å². The molecule has 0 saturated carbocycles. The molecule has 128 valence electrons. The molecule has 1 saturated heterocycles. The average Bonchev–Trinajstić information content (AvgIpc) is 2.83. The highest BCUT2D eigenvalue weighted by atomic mass is 35.5. The van der Waals surface area contributed by atoms with Gasteiger partial charge in [0.25, 0.3) is 0 Å². The first-order valence-corrected chi connectivity index (χ1v) is 8.47. The van der Waals surface area contributed by atoms with Crippen LogP contribution in [0.15, 0.2) is 30.5 Å². The van der Waals surface area contributed by atoms with E-state index in [1.165, 1.54) is 0 Å². The Morgan fingerprint density at radius 3 is 2.58 bits per heavy atom. The molecular weight excluding hydrogens is 349 g/mol. The van der Waals surface area contributed by atoms with Crippen LogP contribution >= 0.6 is 23.2 Å². The van der Waals surface area contributed by atoms with Crippen molar-refractivity contribution in [3.63, 3.8) is 0 Å². The van der Waals surface area contributed by atoms with Crippen LogP contribution < -0.4 is 0 Å². The Labute approximate surface area is 151 Å². The molecule has 0 atom stereocenters. The molecule has 0 N–H and O–H groups in total. The third-order valence-electron chi connectivity index (χ3n) is 3.72. The Bertz CT molecular complexity index is 761. The predicted octanol–water partition coefficient (Wildman–Crippen LogP) is 4.51. The number of carbonyl (C=O) groups is 1. The lowest BCUT2D eigenvalue weighted by atomic mass is 9.97. The van der Waals surface area contributed by atoms with E-state index in [0.29, 0.717) is 23.1 Å². The summed E-state index contributed by atoms with van der Waals surface area (Å²) in [5.74, 6) is 0.213. The minimum absolute atomic E-state index is 0.213. The maximum absolute atomic E-state index is 12.0. The van der Waals surface area contributed by atoms with E-state index in [1.807, 2.05) is 39.1 Å². The van der Waals surface area contributed by atoms with Crippen molar-refractivity contribution in [1.29, 1.82) is 0 Å². The zero-order valence-electron chi connectivity index (χ0n) is 13.8. The van der Waals surface area contributed by atoms with Gasteiger partial charge in [0.05, 0.1) is 16.4 Å². The van der Waals surface area contributed by atoms with Crippen LogP contribution in [0.5, 0.6) is 0 Å². The molecule has 0 bridgehead atoms. The maximum atomic E-state index is 12.0. The van der Waals surface area contributed by atoms with E-state index in [1.54, 1.807) is 21.7 Å². The van der Waals surface area contributed by atoms with Gasteiger partial charge >= 0.3 is 6.09 Å². The van der Waals surface area contributed by atoms with Crippen molar-refractivity contribution in [2.45, 2.75) is 32.3 Å². The topological polar surface area (TPSA) is 47.4 Å². The molecule has 0 unspecified atom stereocenters. The lowest BCUT2D eigenvalue weighted by Crippen LogP contribution is -2.50. The van der Waals surface area contributed by atoms with Gasteiger partial charge in [0.2, 0.25) is 0 Å². The number of aromatic nitrogens is 2. The van der Waals surface area contributed by atoms with Gasteiger partial charge < -0.3 is 9.64 Å². The number of amides is 1. The second-order valence-corrected chi connectivity index (χ2v) is 7.71. The molecule has 24 heavy (non-hydrogen) atoms. The summed E-state index contributed by atoms with van der Waals surface area (Å²) in [5, 5.41) is 5.70. The van der Waals surface area contributed by atoms with Crippen LogP contribution in [0.3, 0.4) is 0 Å². The summed E-state index contributed by atoms with van der Waals surface area (Å²) in [6.45, 7) is 6.81. The van der Waals surface area contributed by atoms with Gasteiger partial charge in [-0.15, -0.1) is 0 Å². The lowest BCUT2D eigenvalue weighted by molar-refractivity contribution is 0.00785. The fourth-order valence-electron chi connectivity index (χ4n) is 2.50. The molecule has 0 radical (unpaired) electrons. The van der Waals surface area contributed by atoms with Crippen molar-refractivity contribution >= 4 is 29.3 Å². The van der Waals surface area contributed by atoms with Crippen LogP contribution in [0.25, 0.3) is 5.69 Å². The zero-order chi connectivity index (χ0) is 17.5. The standard InChI is InChI=1S/C17H19Cl2N3O2/c1-17(2,3)24-16(23)21-9-11(10-21)14-6-7-22(20-14)15-5-4-12(18)8-13(15)19/h4-8,11H,9-10H2,1-3H3. The van der Waals surface area contributed by atoms with Crippen LogP contribution in [0.1, 0.15) is 32.4 Å². The van der Waals surface area contributed by atoms with Crippen molar-refractivity contribution < 1.29 is 9.53 Å². The van der Waals surface area contributed by atoms with Gasteiger partial charge in [-0.05, 0) is 45.0 Å². The summed E-state index contributed by atoms with van der Waals surface area (Å²) in [5.41, 5.74) is 1.23. The predicted molar refractivity (Wildman–Crippen MR) is 94.1 cm³/mol. The normalized spacial score (nSPS) is 15.3. The molecule has 3 rings (SSSR count). The van der Waals surface area contributed by atoms with E-state index in [4.69, 9.17) is 27.9 Å². The monoisotopic (exact) mass is 367 g/mol. The number of hydrogen-bond acceptors (Lipinski definition) is 3. The Kier molecular flexibility index (Phi) is 4.49. The summed E-state index contributed by atoms with van der Waals surface area (Å²) >= 11 is 12.1. The summed E-state index contributed by atoms with van der Waals surface area (Å²) in [6.07, 6.45) is 1.58. The van der Waals surface area contributed by atoms with Gasteiger partial charge in [-0.3, -0.25) is 0 Å². The molecule has 1 aromatic heterocycles. The number of likely N-dealkylation sites (tertiary alicyclic amines) is 1. The van der Waals surface area contributed by atoms with Gasteiger partial charge in [0.15, 0.2) is 0 Å². The van der Waals surface area contributed by atoms with Crippen molar-refractivity contribution in [3.8, 4) is 5.69 Å². The summed E-state index contributed by atoms with van der Waals surface area (Å²) < 4.78 is 7.09. The fraction of sp³-hybridized carbons (Fsp3) is 0.412. The van der Waals surface area contributed by atoms with E-state index >= 15 is 0 Å². The average molecular weight is 368 g/mol. The molecular formula is C17H19Cl2N3O2. The van der Waals surface area contributed by atoms with Gasteiger partial charge in [-0.25, -0.2) is 9.48 Å². The van der Waals surface area contributed by atoms with Crippen LogP contribution in [-0.4, -0.2) is 39.5 Å². The van der Waals surface area contributed by atoms with Crippen LogP contribution in [0.2, 0.25) is 10.0 Å². The number of nitrogens with zero attached hydrogens (tertiary/aromatic N) is 3. The molecule has 0 aliphatic carbocycles. The van der Waals surface area contributed by atoms with Gasteiger partial charge in [0.1, 0.15) is 5.60 Å². The highest BCUT2D eigenvalue weighted by Crippen LogP contribution is 2.29. The largest absolute Gasteiger partial charge is 0.444 e. The highest BCUT2D eigenvalue weighted by Gasteiger charge is 2.35. The number of halogens is 2. The fourth-order valence-corrected chi connectivity index (χ4v) is 2.99. The summed E-state index contributed by atoms with van der Waals surface area (Å²) in [6, 6.07) is 7.24. The molecule has 0 spiro atoms. The minimum Gasteiger partial charge on any atom is -0.444 e. The first kappa shape index (κ1) is 17.1. The van der Waals surface area contributed by atoms with Crippen LogP contribution in [0.4, 0.5) is 4.79 Å². The summed E-state index contributed by atoms with van der Waals surface area (Å²) in [7, 11) is 0. The number of carbonyl (C=O) groups excluding carboxylic acids is 1. The molecule has 2 heterocycles. The van der Waals surface area contributed by atoms with Gasteiger partial charge in [-0.1, -0.05) is 23.2 Å². The van der Waals surface area contributed by atoms with Crippen molar-refractivity contribution in [2.75, 3.05) is 13.1 Å².